The molecule has 1 N–H and O–H groups in total. The maximum absolute atomic E-state index is 5.63. The molecule has 0 amide bonds. The van der Waals surface area contributed by atoms with Gasteiger partial charge >= 0.3 is 0 Å². The topological polar surface area (TPSA) is 25.0 Å². The van der Waals surface area contributed by atoms with Gasteiger partial charge in [0.15, 0.2) is 0 Å². The Labute approximate surface area is 124 Å². The van der Waals surface area contributed by atoms with E-state index < -0.39 is 0 Å². The van der Waals surface area contributed by atoms with Crippen LogP contribution in [0.2, 0.25) is 0 Å². The van der Waals surface area contributed by atoms with Crippen LogP contribution in [0.1, 0.15) is 27.8 Å². The van der Waals surface area contributed by atoms with Gasteiger partial charge in [-0.15, -0.1) is 0 Å². The van der Waals surface area contributed by atoms with Crippen LogP contribution in [0.5, 0.6) is 5.75 Å². The van der Waals surface area contributed by atoms with Crippen LogP contribution < -0.4 is 4.74 Å². The SMILES string of the molecule is COc1c(C)c(C)c2c(c1C)Cc1c-2[nH]c2ccccc12. The lowest BCUT2D eigenvalue weighted by Crippen LogP contribution is -2.00. The summed E-state index contributed by atoms with van der Waals surface area (Å²) in [5.41, 5.74) is 10.6. The molecule has 3 aromatic rings. The second kappa shape index (κ2) is 4.14. The summed E-state index contributed by atoms with van der Waals surface area (Å²) in [6.45, 7) is 6.54. The Balaban J connectivity index is 2.09. The second-order valence-corrected chi connectivity index (χ2v) is 5.96. The number of hydrogen-bond donors (Lipinski definition) is 1. The Morgan fingerprint density at radius 3 is 2.48 bits per heavy atom. The van der Waals surface area contributed by atoms with E-state index in [2.05, 4.69) is 50.0 Å². The average Bonchev–Trinajstić information content (AvgIpc) is 3.01. The third-order valence-electron chi connectivity index (χ3n) is 4.99. The van der Waals surface area contributed by atoms with Crippen LogP contribution in [0, 0.1) is 20.8 Å². The van der Waals surface area contributed by atoms with E-state index in [1.165, 1.54) is 50.0 Å². The molecule has 4 rings (SSSR count). The minimum atomic E-state index is 0.998. The molecule has 0 fully saturated rings. The highest BCUT2D eigenvalue weighted by atomic mass is 16.5. The molecule has 1 aliphatic carbocycles. The molecule has 0 radical (unpaired) electrons. The first kappa shape index (κ1) is 12.5. The van der Waals surface area contributed by atoms with Gasteiger partial charge in [0, 0.05) is 22.9 Å². The number of hydrogen-bond acceptors (Lipinski definition) is 1. The van der Waals surface area contributed by atoms with E-state index in [9.17, 15) is 0 Å². The molecular formula is C19H19NO. The lowest BCUT2D eigenvalue weighted by atomic mass is 9.93. The van der Waals surface area contributed by atoms with Gasteiger partial charge in [-0.2, -0.15) is 0 Å². The van der Waals surface area contributed by atoms with Crippen molar-refractivity contribution in [3.8, 4) is 17.0 Å². The first-order valence-corrected chi connectivity index (χ1v) is 7.40. The highest BCUT2D eigenvalue weighted by molar-refractivity contribution is 5.96. The van der Waals surface area contributed by atoms with Crippen molar-refractivity contribution in [3.05, 3.63) is 52.1 Å². The summed E-state index contributed by atoms with van der Waals surface area (Å²) in [6.07, 6.45) is 0.998. The van der Waals surface area contributed by atoms with E-state index in [-0.39, 0.29) is 0 Å². The predicted molar refractivity (Wildman–Crippen MR) is 87.3 cm³/mol. The lowest BCUT2D eigenvalue weighted by Gasteiger charge is -2.17. The number of ether oxygens (including phenoxy) is 1. The van der Waals surface area contributed by atoms with Gasteiger partial charge < -0.3 is 9.72 Å². The molecule has 2 heteroatoms. The Morgan fingerprint density at radius 2 is 1.71 bits per heavy atom. The number of aromatic nitrogens is 1. The number of rotatable bonds is 1. The Morgan fingerprint density at radius 1 is 0.952 bits per heavy atom. The van der Waals surface area contributed by atoms with Gasteiger partial charge in [-0.3, -0.25) is 0 Å². The Hall–Kier alpha value is -2.22. The van der Waals surface area contributed by atoms with Crippen molar-refractivity contribution >= 4 is 10.9 Å². The van der Waals surface area contributed by atoms with E-state index in [0.717, 1.165) is 12.2 Å². The zero-order valence-corrected chi connectivity index (χ0v) is 12.9. The quantitative estimate of drug-likeness (QED) is 0.537. The van der Waals surface area contributed by atoms with Crippen molar-refractivity contribution in [3.63, 3.8) is 0 Å². The van der Waals surface area contributed by atoms with Crippen molar-refractivity contribution in [2.24, 2.45) is 0 Å². The number of benzene rings is 2. The van der Waals surface area contributed by atoms with Crippen LogP contribution in [0.25, 0.3) is 22.2 Å². The van der Waals surface area contributed by atoms with Gasteiger partial charge in [0.05, 0.1) is 12.8 Å². The predicted octanol–water partition coefficient (Wildman–Crippen LogP) is 4.67. The van der Waals surface area contributed by atoms with Crippen molar-refractivity contribution in [1.29, 1.82) is 0 Å². The summed E-state index contributed by atoms with van der Waals surface area (Å²) >= 11 is 0. The van der Waals surface area contributed by atoms with Crippen molar-refractivity contribution in [1.82, 2.24) is 4.98 Å². The third-order valence-corrected chi connectivity index (χ3v) is 4.99. The molecule has 0 unspecified atom stereocenters. The largest absolute Gasteiger partial charge is 0.496 e. The van der Waals surface area contributed by atoms with Crippen LogP contribution in [-0.2, 0) is 6.42 Å². The molecule has 106 valence electrons. The van der Waals surface area contributed by atoms with E-state index in [0.29, 0.717) is 0 Å². The van der Waals surface area contributed by atoms with Crippen LogP contribution in [0.4, 0.5) is 0 Å². The zero-order valence-electron chi connectivity index (χ0n) is 12.9. The summed E-state index contributed by atoms with van der Waals surface area (Å²) in [5, 5.41) is 1.35. The van der Waals surface area contributed by atoms with Gasteiger partial charge in [0.1, 0.15) is 5.75 Å². The molecule has 1 heterocycles. The number of para-hydroxylation sites is 1. The third kappa shape index (κ3) is 1.48. The van der Waals surface area contributed by atoms with Crippen molar-refractivity contribution in [2.45, 2.75) is 27.2 Å². The summed E-state index contributed by atoms with van der Waals surface area (Å²) in [7, 11) is 1.77. The zero-order chi connectivity index (χ0) is 14.7. The van der Waals surface area contributed by atoms with E-state index in [1.54, 1.807) is 7.11 Å². The fourth-order valence-corrected chi connectivity index (χ4v) is 3.83. The fraction of sp³-hybridized carbons (Fsp3) is 0.263. The van der Waals surface area contributed by atoms with Gasteiger partial charge in [0.2, 0.25) is 0 Å². The Bertz CT molecular complexity index is 886. The fourth-order valence-electron chi connectivity index (χ4n) is 3.83. The number of methoxy groups -OCH3 is 1. The first-order chi connectivity index (χ1) is 10.1. The molecule has 2 nitrogen and oxygen atoms in total. The number of nitrogens with one attached hydrogen (secondary N) is 1. The van der Waals surface area contributed by atoms with Gasteiger partial charge in [-0.05, 0) is 54.7 Å². The van der Waals surface area contributed by atoms with Crippen LogP contribution >= 0.6 is 0 Å². The molecular weight excluding hydrogens is 258 g/mol. The summed E-state index contributed by atoms with van der Waals surface area (Å²) in [6, 6.07) is 8.58. The molecule has 0 aliphatic heterocycles. The molecule has 1 aliphatic rings. The van der Waals surface area contributed by atoms with Crippen LogP contribution in [-0.4, -0.2) is 12.1 Å². The molecule has 2 aromatic carbocycles. The first-order valence-electron chi connectivity index (χ1n) is 7.40. The van der Waals surface area contributed by atoms with Crippen molar-refractivity contribution < 1.29 is 4.74 Å². The highest BCUT2D eigenvalue weighted by Gasteiger charge is 2.28. The van der Waals surface area contributed by atoms with Gasteiger partial charge in [0.25, 0.3) is 0 Å². The number of aromatic amines is 1. The Kier molecular flexibility index (Phi) is 2.47. The molecule has 0 atom stereocenters. The normalized spacial score (nSPS) is 12.6. The average molecular weight is 277 g/mol. The molecule has 0 saturated heterocycles. The van der Waals surface area contributed by atoms with Gasteiger partial charge in [-0.25, -0.2) is 0 Å². The van der Waals surface area contributed by atoms with Crippen LogP contribution in [0.3, 0.4) is 0 Å². The molecule has 0 bridgehead atoms. The summed E-state index contributed by atoms with van der Waals surface area (Å²) in [5.74, 6) is 1.04. The van der Waals surface area contributed by atoms with E-state index in [4.69, 9.17) is 4.74 Å². The maximum atomic E-state index is 5.63. The smallest absolute Gasteiger partial charge is 0.125 e. The standard InChI is InChI=1S/C19H19NO/c1-10-11(2)19(21-4)12(3)14-9-15-13-7-5-6-8-16(13)20-18(15)17(10)14/h5-8,20H,9H2,1-4H3. The minimum absolute atomic E-state index is 0.998. The molecule has 1 aromatic heterocycles. The van der Waals surface area contributed by atoms with Gasteiger partial charge in [-0.1, -0.05) is 18.2 Å². The van der Waals surface area contributed by atoms with Crippen LogP contribution in [0.15, 0.2) is 24.3 Å². The highest BCUT2D eigenvalue weighted by Crippen LogP contribution is 2.47. The van der Waals surface area contributed by atoms with E-state index >= 15 is 0 Å². The summed E-state index contributed by atoms with van der Waals surface area (Å²) < 4.78 is 5.63. The summed E-state index contributed by atoms with van der Waals surface area (Å²) in [4.78, 5) is 3.62. The minimum Gasteiger partial charge on any atom is -0.496 e. The van der Waals surface area contributed by atoms with E-state index in [1.807, 2.05) is 0 Å². The molecule has 21 heavy (non-hydrogen) atoms. The molecule has 0 spiro atoms. The number of H-pyrrole nitrogens is 1. The van der Waals surface area contributed by atoms with Crippen molar-refractivity contribution in [2.75, 3.05) is 7.11 Å². The maximum Gasteiger partial charge on any atom is 0.125 e. The number of fused-ring (bicyclic) bond motifs is 5. The molecule has 0 saturated carbocycles. The second-order valence-electron chi connectivity index (χ2n) is 5.96. The monoisotopic (exact) mass is 277 g/mol. The lowest BCUT2D eigenvalue weighted by molar-refractivity contribution is 0.407.